The van der Waals surface area contributed by atoms with Crippen LogP contribution in [0, 0.1) is 0 Å². The number of hydrogen-bond donors (Lipinski definition) is 0. The molecule has 1 aromatic carbocycles. The summed E-state index contributed by atoms with van der Waals surface area (Å²) >= 11 is 0. The fraction of sp³-hybridized carbons (Fsp3) is 0.739. The van der Waals surface area contributed by atoms with Crippen molar-refractivity contribution in [2.24, 2.45) is 0 Å². The molecule has 1 fully saturated rings. The first-order valence-electron chi connectivity index (χ1n) is 10.4. The van der Waals surface area contributed by atoms with E-state index in [1.807, 2.05) is 0 Å². The van der Waals surface area contributed by atoms with Gasteiger partial charge in [0.25, 0.3) is 0 Å². The topological polar surface area (TPSA) is 18.5 Å². The third-order valence-corrected chi connectivity index (χ3v) is 12.7. The van der Waals surface area contributed by atoms with E-state index in [0.717, 1.165) is 12.8 Å². The molecule has 0 aliphatic carbocycles. The predicted octanol–water partition coefficient (Wildman–Crippen LogP) is 7.05. The van der Waals surface area contributed by atoms with Gasteiger partial charge in [-0.05, 0) is 55.8 Å². The lowest BCUT2D eigenvalue weighted by molar-refractivity contribution is -0.215. The molecule has 2 atom stereocenters. The van der Waals surface area contributed by atoms with Crippen LogP contribution in [0.2, 0.25) is 16.6 Å². The zero-order chi connectivity index (χ0) is 19.8. The van der Waals surface area contributed by atoms with Gasteiger partial charge in [0.05, 0.1) is 17.3 Å². The normalized spacial score (nSPS) is 26.7. The molecule has 1 aliphatic rings. The van der Waals surface area contributed by atoms with Crippen LogP contribution < -0.4 is 0 Å². The summed E-state index contributed by atoms with van der Waals surface area (Å²) in [4.78, 5) is 0. The van der Waals surface area contributed by atoms with E-state index in [-0.39, 0.29) is 17.3 Å². The van der Waals surface area contributed by atoms with Crippen LogP contribution in [0.4, 0.5) is 0 Å². The molecule has 2 nitrogen and oxygen atoms in total. The van der Waals surface area contributed by atoms with Crippen molar-refractivity contribution in [1.82, 2.24) is 0 Å². The fourth-order valence-corrected chi connectivity index (χ4v) is 11.0. The monoisotopic (exact) mass is 376 g/mol. The predicted molar refractivity (Wildman–Crippen MR) is 114 cm³/mol. The molecular weight excluding hydrogens is 336 g/mol. The second kappa shape index (κ2) is 7.77. The van der Waals surface area contributed by atoms with Gasteiger partial charge in [0, 0.05) is 0 Å². The summed E-state index contributed by atoms with van der Waals surface area (Å²) in [5, 5.41) is 0. The van der Waals surface area contributed by atoms with E-state index < -0.39 is 8.32 Å². The summed E-state index contributed by atoms with van der Waals surface area (Å²) in [5.41, 5.74) is 2.54. The van der Waals surface area contributed by atoms with E-state index in [2.05, 4.69) is 92.6 Å². The van der Waals surface area contributed by atoms with Crippen LogP contribution in [0.15, 0.2) is 30.3 Å². The Morgan fingerprint density at radius 1 is 0.923 bits per heavy atom. The maximum atomic E-state index is 7.12. The van der Waals surface area contributed by atoms with Gasteiger partial charge in [0.1, 0.15) is 0 Å². The first-order chi connectivity index (χ1) is 12.0. The molecule has 0 bridgehead atoms. The lowest BCUT2D eigenvalue weighted by Gasteiger charge is -2.53. The van der Waals surface area contributed by atoms with Crippen molar-refractivity contribution in [1.29, 1.82) is 0 Å². The Bertz CT molecular complexity index is 557. The SMILES string of the molecule is CC(C)[Si](O[C@@H]1CC[C@@](C)(c2ccccc2)OC1(C)C)(C(C)C)C(C)C. The van der Waals surface area contributed by atoms with Crippen LogP contribution >= 0.6 is 0 Å². The van der Waals surface area contributed by atoms with E-state index in [9.17, 15) is 0 Å². The molecule has 1 aromatic rings. The fourth-order valence-electron chi connectivity index (χ4n) is 5.30. The largest absolute Gasteiger partial charge is 0.410 e. The van der Waals surface area contributed by atoms with Crippen molar-refractivity contribution < 1.29 is 9.16 Å². The molecule has 0 unspecified atom stereocenters. The minimum Gasteiger partial charge on any atom is -0.410 e. The molecule has 148 valence electrons. The standard InChI is InChI=1S/C23H40O2Si/c1-17(2)26(18(3)4,19(5)6)24-21-15-16-23(9,25-22(21,7)8)20-13-11-10-12-14-20/h10-14,17-19,21H,15-16H2,1-9H3/t21-,23+/m1/s1. The van der Waals surface area contributed by atoms with E-state index in [4.69, 9.17) is 9.16 Å². The Morgan fingerprint density at radius 2 is 1.42 bits per heavy atom. The van der Waals surface area contributed by atoms with Gasteiger partial charge in [-0.25, -0.2) is 0 Å². The summed E-state index contributed by atoms with van der Waals surface area (Å²) in [5.74, 6) is 0. The van der Waals surface area contributed by atoms with Crippen LogP contribution in [-0.2, 0) is 14.8 Å². The summed E-state index contributed by atoms with van der Waals surface area (Å²) in [7, 11) is -1.91. The number of ether oxygens (including phenoxy) is 1. The average molecular weight is 377 g/mol. The Hall–Kier alpha value is -0.643. The van der Waals surface area contributed by atoms with Gasteiger partial charge in [0.2, 0.25) is 8.32 Å². The lowest BCUT2D eigenvalue weighted by atomic mass is 9.82. The van der Waals surface area contributed by atoms with E-state index in [0.29, 0.717) is 16.6 Å². The van der Waals surface area contributed by atoms with Crippen LogP contribution in [0.3, 0.4) is 0 Å². The van der Waals surface area contributed by atoms with Crippen LogP contribution in [0.5, 0.6) is 0 Å². The van der Waals surface area contributed by atoms with Gasteiger partial charge >= 0.3 is 0 Å². The third-order valence-electron chi connectivity index (χ3n) is 6.59. The molecular formula is C23H40O2Si. The molecule has 1 saturated heterocycles. The molecule has 0 N–H and O–H groups in total. The third kappa shape index (κ3) is 3.95. The van der Waals surface area contributed by atoms with Crippen LogP contribution in [-0.4, -0.2) is 20.0 Å². The highest BCUT2D eigenvalue weighted by molar-refractivity contribution is 6.77. The minimum atomic E-state index is -1.91. The molecule has 2 rings (SSSR count). The van der Waals surface area contributed by atoms with Crippen molar-refractivity contribution in [3.63, 3.8) is 0 Å². The highest BCUT2D eigenvalue weighted by Gasteiger charge is 2.52. The number of rotatable bonds is 6. The Balaban J connectivity index is 2.28. The summed E-state index contributed by atoms with van der Waals surface area (Å²) in [6, 6.07) is 10.7. The van der Waals surface area contributed by atoms with Gasteiger partial charge in [-0.3, -0.25) is 0 Å². The maximum absolute atomic E-state index is 7.12. The highest BCUT2D eigenvalue weighted by atomic mass is 28.4. The van der Waals surface area contributed by atoms with Crippen molar-refractivity contribution in [3.8, 4) is 0 Å². The van der Waals surface area contributed by atoms with Gasteiger partial charge in [-0.2, -0.15) is 0 Å². The quantitative estimate of drug-likeness (QED) is 0.495. The Morgan fingerprint density at radius 3 is 1.85 bits per heavy atom. The summed E-state index contributed by atoms with van der Waals surface area (Å²) < 4.78 is 13.9. The van der Waals surface area contributed by atoms with Gasteiger partial charge < -0.3 is 9.16 Å². The van der Waals surface area contributed by atoms with E-state index >= 15 is 0 Å². The molecule has 0 amide bonds. The number of hydrogen-bond acceptors (Lipinski definition) is 2. The smallest absolute Gasteiger partial charge is 0.200 e. The van der Waals surface area contributed by atoms with Crippen LogP contribution in [0.1, 0.15) is 80.7 Å². The van der Waals surface area contributed by atoms with Gasteiger partial charge in [-0.1, -0.05) is 71.9 Å². The van der Waals surface area contributed by atoms with E-state index in [1.54, 1.807) is 0 Å². The minimum absolute atomic E-state index is 0.165. The van der Waals surface area contributed by atoms with Crippen molar-refractivity contribution in [2.75, 3.05) is 0 Å². The molecule has 3 heteroatoms. The zero-order valence-electron chi connectivity index (χ0n) is 18.4. The summed E-state index contributed by atoms with van der Waals surface area (Å²) in [6.45, 7) is 20.8. The summed E-state index contributed by atoms with van der Waals surface area (Å²) in [6.07, 6.45) is 2.22. The number of benzene rings is 1. The average Bonchev–Trinajstić information content (AvgIpc) is 2.53. The zero-order valence-corrected chi connectivity index (χ0v) is 19.4. The molecule has 0 spiro atoms. The van der Waals surface area contributed by atoms with Crippen LogP contribution in [0.25, 0.3) is 0 Å². The lowest BCUT2D eigenvalue weighted by Crippen LogP contribution is -2.58. The Kier molecular flexibility index (Phi) is 6.47. The molecule has 26 heavy (non-hydrogen) atoms. The molecule has 1 aliphatic heterocycles. The molecule has 0 aromatic heterocycles. The van der Waals surface area contributed by atoms with Crippen molar-refractivity contribution in [2.45, 2.75) is 109 Å². The van der Waals surface area contributed by atoms with Gasteiger partial charge in [-0.15, -0.1) is 0 Å². The maximum Gasteiger partial charge on any atom is 0.200 e. The Labute approximate surface area is 162 Å². The van der Waals surface area contributed by atoms with Crippen molar-refractivity contribution >= 4 is 8.32 Å². The van der Waals surface area contributed by atoms with Crippen molar-refractivity contribution in [3.05, 3.63) is 35.9 Å². The molecule has 1 heterocycles. The highest BCUT2D eigenvalue weighted by Crippen LogP contribution is 2.48. The second-order valence-corrected chi connectivity index (χ2v) is 15.2. The van der Waals surface area contributed by atoms with E-state index in [1.165, 1.54) is 5.56 Å². The molecule has 0 saturated carbocycles. The first kappa shape index (κ1) is 21.7. The van der Waals surface area contributed by atoms with Gasteiger partial charge in [0.15, 0.2) is 0 Å². The second-order valence-electron chi connectivity index (χ2n) is 9.77. The first-order valence-corrected chi connectivity index (χ1v) is 12.5. The molecule has 0 radical (unpaired) electrons.